The van der Waals surface area contributed by atoms with Gasteiger partial charge in [0.05, 0.1) is 39.1 Å². The van der Waals surface area contributed by atoms with Crippen molar-refractivity contribution in [3.63, 3.8) is 0 Å². The summed E-state index contributed by atoms with van der Waals surface area (Å²) in [5.41, 5.74) is 2.35. The lowest BCUT2D eigenvalue weighted by Crippen LogP contribution is -2.32. The van der Waals surface area contributed by atoms with Crippen LogP contribution in [-0.2, 0) is 27.3 Å². The molecule has 0 saturated heterocycles. The Labute approximate surface area is 180 Å². The summed E-state index contributed by atoms with van der Waals surface area (Å²) in [4.78, 5) is 2.13. The van der Waals surface area contributed by atoms with E-state index in [0.717, 1.165) is 6.42 Å². The number of rotatable bonds is 16. The predicted octanol–water partition coefficient (Wildman–Crippen LogP) is 4.88. The van der Waals surface area contributed by atoms with E-state index >= 15 is 0 Å². The molecule has 0 aromatic heterocycles. The maximum Gasteiger partial charge on any atom is 0.136 e. The molecule has 30 heavy (non-hydrogen) atoms. The molecule has 0 bridgehead atoms. The summed E-state index contributed by atoms with van der Waals surface area (Å²) in [5.74, 6) is 0. The smallest absolute Gasteiger partial charge is 0.136 e. The van der Waals surface area contributed by atoms with E-state index in [1.165, 1.54) is 11.1 Å². The van der Waals surface area contributed by atoms with E-state index in [-0.39, 0.29) is 12.7 Å². The molecular weight excluding hydrogens is 381 g/mol. The summed E-state index contributed by atoms with van der Waals surface area (Å²) < 4.78 is 31.1. The Morgan fingerprint density at radius 3 is 1.90 bits per heavy atom. The van der Waals surface area contributed by atoms with Crippen LogP contribution in [-0.4, -0.2) is 56.8 Å². The third-order valence-electron chi connectivity index (χ3n) is 4.83. The standard InChI is InChI=1S/C25H36FNO3/c1-3-22(2)30-17-16-28-14-15-29-21-25(26)20-27(18-23-10-6-4-7-11-23)19-24-12-8-5-9-13-24/h4-13,22,25H,3,14-21H2,1-2H3. The van der Waals surface area contributed by atoms with Crippen molar-refractivity contribution in [2.75, 3.05) is 39.6 Å². The molecule has 0 spiro atoms. The molecule has 0 N–H and O–H groups in total. The molecule has 2 atom stereocenters. The zero-order valence-corrected chi connectivity index (χ0v) is 18.3. The fraction of sp³-hybridized carbons (Fsp3) is 0.520. The van der Waals surface area contributed by atoms with Gasteiger partial charge in [0.25, 0.3) is 0 Å². The second-order valence-electron chi connectivity index (χ2n) is 7.52. The molecular formula is C25H36FNO3. The van der Waals surface area contributed by atoms with Gasteiger partial charge in [0.15, 0.2) is 0 Å². The molecule has 0 radical (unpaired) electrons. The predicted molar refractivity (Wildman–Crippen MR) is 119 cm³/mol. The first kappa shape index (κ1) is 24.5. The SMILES string of the molecule is CCC(C)OCCOCCOCC(F)CN(Cc1ccccc1)Cc1ccccc1. The molecule has 2 rings (SSSR count). The van der Waals surface area contributed by atoms with E-state index in [1.54, 1.807) is 0 Å². The molecule has 0 heterocycles. The average molecular weight is 418 g/mol. The van der Waals surface area contributed by atoms with Crippen molar-refractivity contribution in [1.82, 2.24) is 4.90 Å². The molecule has 0 aliphatic rings. The Morgan fingerprint density at radius 2 is 1.33 bits per heavy atom. The third-order valence-corrected chi connectivity index (χ3v) is 4.83. The van der Waals surface area contributed by atoms with E-state index in [4.69, 9.17) is 14.2 Å². The van der Waals surface area contributed by atoms with Gasteiger partial charge < -0.3 is 14.2 Å². The highest BCUT2D eigenvalue weighted by Gasteiger charge is 2.15. The lowest BCUT2D eigenvalue weighted by molar-refractivity contribution is -0.0153. The minimum atomic E-state index is -1.05. The lowest BCUT2D eigenvalue weighted by Gasteiger charge is -2.24. The number of benzene rings is 2. The van der Waals surface area contributed by atoms with Crippen molar-refractivity contribution in [2.45, 2.75) is 45.6 Å². The molecule has 0 amide bonds. The van der Waals surface area contributed by atoms with Crippen LogP contribution in [0.15, 0.2) is 60.7 Å². The lowest BCUT2D eigenvalue weighted by atomic mass is 10.1. The van der Waals surface area contributed by atoms with Gasteiger partial charge in [0.1, 0.15) is 6.17 Å². The maximum absolute atomic E-state index is 14.6. The number of hydrogen-bond acceptors (Lipinski definition) is 4. The van der Waals surface area contributed by atoms with Gasteiger partial charge in [-0.2, -0.15) is 0 Å². The minimum absolute atomic E-state index is 0.0762. The van der Waals surface area contributed by atoms with Crippen LogP contribution in [0.2, 0.25) is 0 Å². The van der Waals surface area contributed by atoms with Gasteiger partial charge in [0, 0.05) is 19.6 Å². The largest absolute Gasteiger partial charge is 0.377 e. The van der Waals surface area contributed by atoms with Crippen molar-refractivity contribution < 1.29 is 18.6 Å². The highest BCUT2D eigenvalue weighted by Crippen LogP contribution is 2.12. The average Bonchev–Trinajstić information content (AvgIpc) is 2.76. The van der Waals surface area contributed by atoms with E-state index < -0.39 is 6.17 Å². The Balaban J connectivity index is 1.68. The molecule has 2 unspecified atom stereocenters. The second kappa shape index (κ2) is 15.1. The quantitative estimate of drug-likeness (QED) is 0.365. The monoisotopic (exact) mass is 417 g/mol. The molecule has 0 aliphatic heterocycles. The van der Waals surface area contributed by atoms with Gasteiger partial charge in [-0.3, -0.25) is 4.90 Å². The number of hydrogen-bond donors (Lipinski definition) is 0. The Morgan fingerprint density at radius 1 is 0.800 bits per heavy atom. The zero-order chi connectivity index (χ0) is 21.4. The topological polar surface area (TPSA) is 30.9 Å². The summed E-state index contributed by atoms with van der Waals surface area (Å²) in [7, 11) is 0. The fourth-order valence-electron chi connectivity index (χ4n) is 3.06. The molecule has 5 heteroatoms. The van der Waals surface area contributed by atoms with Gasteiger partial charge in [-0.1, -0.05) is 67.6 Å². The molecule has 0 fully saturated rings. The van der Waals surface area contributed by atoms with Crippen molar-refractivity contribution >= 4 is 0 Å². The second-order valence-corrected chi connectivity index (χ2v) is 7.52. The van der Waals surface area contributed by atoms with Gasteiger partial charge >= 0.3 is 0 Å². The molecule has 0 saturated carbocycles. The van der Waals surface area contributed by atoms with Gasteiger partial charge in [-0.25, -0.2) is 4.39 Å². The number of halogens is 1. The van der Waals surface area contributed by atoms with Crippen LogP contribution in [0.25, 0.3) is 0 Å². The van der Waals surface area contributed by atoms with Crippen molar-refractivity contribution in [3.05, 3.63) is 71.8 Å². The normalized spacial score (nSPS) is 13.5. The van der Waals surface area contributed by atoms with E-state index in [2.05, 4.69) is 36.1 Å². The molecule has 0 aliphatic carbocycles. The Hall–Kier alpha value is -1.79. The maximum atomic E-state index is 14.6. The van der Waals surface area contributed by atoms with Crippen LogP contribution < -0.4 is 0 Å². The van der Waals surface area contributed by atoms with Gasteiger partial charge in [0.2, 0.25) is 0 Å². The Kier molecular flexibility index (Phi) is 12.3. The molecule has 2 aromatic carbocycles. The number of nitrogens with zero attached hydrogens (tertiary/aromatic N) is 1. The van der Waals surface area contributed by atoms with Gasteiger partial charge in [-0.15, -0.1) is 0 Å². The summed E-state index contributed by atoms with van der Waals surface area (Å²) in [6, 6.07) is 20.3. The van der Waals surface area contributed by atoms with Crippen molar-refractivity contribution in [1.29, 1.82) is 0 Å². The van der Waals surface area contributed by atoms with Gasteiger partial charge in [-0.05, 0) is 24.5 Å². The fourth-order valence-corrected chi connectivity index (χ4v) is 3.06. The summed E-state index contributed by atoms with van der Waals surface area (Å²) in [6.07, 6.45) is 0.199. The van der Waals surface area contributed by atoms with Crippen molar-refractivity contribution in [3.8, 4) is 0 Å². The van der Waals surface area contributed by atoms with Crippen LogP contribution in [0, 0.1) is 0 Å². The van der Waals surface area contributed by atoms with Crippen LogP contribution in [0.1, 0.15) is 31.4 Å². The number of alkyl halides is 1. The Bertz CT molecular complexity index is 614. The summed E-state index contributed by atoms with van der Waals surface area (Å²) in [6.45, 7) is 7.90. The zero-order valence-electron chi connectivity index (χ0n) is 18.3. The third kappa shape index (κ3) is 10.8. The molecule has 166 valence electrons. The highest BCUT2D eigenvalue weighted by molar-refractivity contribution is 5.17. The summed E-state index contributed by atoms with van der Waals surface area (Å²) in [5, 5.41) is 0. The van der Waals surface area contributed by atoms with Crippen LogP contribution in [0.3, 0.4) is 0 Å². The first-order valence-electron chi connectivity index (χ1n) is 10.9. The van der Waals surface area contributed by atoms with E-state index in [0.29, 0.717) is 46.1 Å². The van der Waals surface area contributed by atoms with Crippen LogP contribution in [0.5, 0.6) is 0 Å². The van der Waals surface area contributed by atoms with Crippen LogP contribution in [0.4, 0.5) is 4.39 Å². The summed E-state index contributed by atoms with van der Waals surface area (Å²) >= 11 is 0. The number of ether oxygens (including phenoxy) is 3. The van der Waals surface area contributed by atoms with E-state index in [9.17, 15) is 4.39 Å². The molecule has 2 aromatic rings. The highest BCUT2D eigenvalue weighted by atomic mass is 19.1. The molecule has 4 nitrogen and oxygen atoms in total. The first-order valence-corrected chi connectivity index (χ1v) is 10.9. The minimum Gasteiger partial charge on any atom is -0.377 e. The van der Waals surface area contributed by atoms with Crippen LogP contribution >= 0.6 is 0 Å². The van der Waals surface area contributed by atoms with E-state index in [1.807, 2.05) is 43.3 Å². The first-order chi connectivity index (χ1) is 14.7. The van der Waals surface area contributed by atoms with Crippen molar-refractivity contribution in [2.24, 2.45) is 0 Å².